The number of likely N-dealkylation sites (tertiary alicyclic amines) is 1. The molecular formula is C25H27NO5. The van der Waals surface area contributed by atoms with Crippen LogP contribution in [0.4, 0.5) is 0 Å². The molecule has 2 aromatic rings. The van der Waals surface area contributed by atoms with Gasteiger partial charge in [-0.3, -0.25) is 9.59 Å². The Morgan fingerprint density at radius 1 is 1.16 bits per heavy atom. The lowest BCUT2D eigenvalue weighted by atomic mass is 9.94. The molecule has 31 heavy (non-hydrogen) atoms. The third kappa shape index (κ3) is 3.78. The number of nitrogens with zero attached hydrogens (tertiary/aromatic N) is 1. The van der Waals surface area contributed by atoms with E-state index in [4.69, 9.17) is 9.47 Å². The Hall–Kier alpha value is -3.28. The molecule has 0 aromatic heterocycles. The van der Waals surface area contributed by atoms with Crippen molar-refractivity contribution in [3.8, 4) is 11.5 Å². The van der Waals surface area contributed by atoms with Gasteiger partial charge in [-0.2, -0.15) is 0 Å². The van der Waals surface area contributed by atoms with Gasteiger partial charge in [-0.05, 0) is 61.7 Å². The third-order valence-electron chi connectivity index (χ3n) is 5.68. The first-order valence-corrected chi connectivity index (χ1v) is 10.8. The van der Waals surface area contributed by atoms with E-state index in [1.807, 2.05) is 57.2 Å². The molecule has 1 saturated heterocycles. The van der Waals surface area contributed by atoms with E-state index in [1.165, 1.54) is 0 Å². The Kier molecular flexibility index (Phi) is 5.72. The van der Waals surface area contributed by atoms with Gasteiger partial charge in [0.25, 0.3) is 11.7 Å². The number of aliphatic hydroxyl groups excluding tert-OH is 1. The molecule has 2 aliphatic heterocycles. The lowest BCUT2D eigenvalue weighted by molar-refractivity contribution is -0.139. The highest BCUT2D eigenvalue weighted by Gasteiger charge is 2.45. The first-order chi connectivity index (χ1) is 14.9. The molecule has 0 saturated carbocycles. The molecule has 6 nitrogen and oxygen atoms in total. The summed E-state index contributed by atoms with van der Waals surface area (Å²) in [6, 6.07) is 12.1. The highest BCUT2D eigenvalue weighted by Crippen LogP contribution is 2.41. The fourth-order valence-corrected chi connectivity index (χ4v) is 4.34. The van der Waals surface area contributed by atoms with Crippen molar-refractivity contribution >= 4 is 17.4 Å². The van der Waals surface area contributed by atoms with Crippen LogP contribution in [0.15, 0.2) is 48.0 Å². The van der Waals surface area contributed by atoms with Crippen molar-refractivity contribution in [2.45, 2.75) is 45.8 Å². The van der Waals surface area contributed by atoms with E-state index in [9.17, 15) is 14.7 Å². The summed E-state index contributed by atoms with van der Waals surface area (Å²) < 4.78 is 11.3. The van der Waals surface area contributed by atoms with Crippen LogP contribution in [0.5, 0.6) is 11.5 Å². The van der Waals surface area contributed by atoms with Crippen molar-refractivity contribution < 1.29 is 24.2 Å². The van der Waals surface area contributed by atoms with Crippen molar-refractivity contribution in [3.05, 3.63) is 64.7 Å². The first kappa shape index (κ1) is 21.0. The number of fused-ring (bicyclic) bond motifs is 1. The van der Waals surface area contributed by atoms with Crippen LogP contribution < -0.4 is 9.47 Å². The highest BCUT2D eigenvalue weighted by molar-refractivity contribution is 6.46. The van der Waals surface area contributed by atoms with E-state index in [0.29, 0.717) is 30.9 Å². The predicted molar refractivity (Wildman–Crippen MR) is 117 cm³/mol. The smallest absolute Gasteiger partial charge is 0.295 e. The molecule has 2 unspecified atom stereocenters. The Morgan fingerprint density at radius 2 is 1.90 bits per heavy atom. The summed E-state index contributed by atoms with van der Waals surface area (Å²) in [7, 11) is 0. The first-order valence-electron chi connectivity index (χ1n) is 10.8. The van der Waals surface area contributed by atoms with E-state index in [-0.39, 0.29) is 17.4 Å². The lowest BCUT2D eigenvalue weighted by Gasteiger charge is -2.25. The van der Waals surface area contributed by atoms with Crippen LogP contribution >= 0.6 is 0 Å². The topological polar surface area (TPSA) is 76.1 Å². The van der Waals surface area contributed by atoms with Crippen molar-refractivity contribution in [2.75, 3.05) is 13.2 Å². The summed E-state index contributed by atoms with van der Waals surface area (Å²) >= 11 is 0. The maximum absolute atomic E-state index is 13.0. The number of aliphatic hydroxyl groups is 1. The summed E-state index contributed by atoms with van der Waals surface area (Å²) in [4.78, 5) is 27.3. The van der Waals surface area contributed by atoms with Gasteiger partial charge in [-0.15, -0.1) is 0 Å². The quantitative estimate of drug-likeness (QED) is 0.429. The van der Waals surface area contributed by atoms with E-state index in [1.54, 1.807) is 11.0 Å². The zero-order chi connectivity index (χ0) is 22.1. The Balaban J connectivity index is 1.80. The highest BCUT2D eigenvalue weighted by atomic mass is 16.5. The van der Waals surface area contributed by atoms with Gasteiger partial charge in [0.15, 0.2) is 0 Å². The predicted octanol–water partition coefficient (Wildman–Crippen LogP) is 4.24. The monoisotopic (exact) mass is 421 g/mol. The van der Waals surface area contributed by atoms with Crippen LogP contribution in [-0.4, -0.2) is 41.0 Å². The van der Waals surface area contributed by atoms with Crippen molar-refractivity contribution in [1.29, 1.82) is 0 Å². The number of carbonyl (C=O) groups is 2. The zero-order valence-corrected chi connectivity index (χ0v) is 18.1. The number of ether oxygens (including phenoxy) is 2. The average Bonchev–Trinajstić information content (AvgIpc) is 3.25. The number of amides is 1. The minimum atomic E-state index is -0.657. The number of ketones is 1. The Labute approximate surface area is 182 Å². The molecule has 1 N–H and O–H groups in total. The minimum absolute atomic E-state index is 0.0754. The summed E-state index contributed by atoms with van der Waals surface area (Å²) in [6.45, 7) is 6.83. The van der Waals surface area contributed by atoms with E-state index in [2.05, 4.69) is 0 Å². The van der Waals surface area contributed by atoms with Crippen LogP contribution in [0.1, 0.15) is 49.9 Å². The molecule has 2 aliphatic rings. The molecular weight excluding hydrogens is 394 g/mol. The molecule has 2 heterocycles. The second-order valence-corrected chi connectivity index (χ2v) is 7.95. The van der Waals surface area contributed by atoms with E-state index in [0.717, 1.165) is 23.3 Å². The molecule has 2 aromatic carbocycles. The number of hydrogen-bond donors (Lipinski definition) is 1. The third-order valence-corrected chi connectivity index (χ3v) is 5.68. The van der Waals surface area contributed by atoms with E-state index >= 15 is 0 Å². The number of hydrogen-bond acceptors (Lipinski definition) is 5. The van der Waals surface area contributed by atoms with Crippen LogP contribution in [0, 0.1) is 0 Å². The fourth-order valence-electron chi connectivity index (χ4n) is 4.34. The van der Waals surface area contributed by atoms with Crippen LogP contribution in [-0.2, 0) is 16.0 Å². The second-order valence-electron chi connectivity index (χ2n) is 7.95. The van der Waals surface area contributed by atoms with Gasteiger partial charge in [0.2, 0.25) is 0 Å². The summed E-state index contributed by atoms with van der Waals surface area (Å²) in [5.74, 6) is 0.110. The van der Waals surface area contributed by atoms with Gasteiger partial charge in [-0.1, -0.05) is 19.1 Å². The fraction of sp³-hybridized carbons (Fsp3) is 0.360. The Morgan fingerprint density at radius 3 is 2.58 bits per heavy atom. The molecule has 0 radical (unpaired) electrons. The molecule has 4 rings (SSSR count). The van der Waals surface area contributed by atoms with Crippen molar-refractivity contribution in [2.24, 2.45) is 0 Å². The van der Waals surface area contributed by atoms with Crippen LogP contribution in [0.2, 0.25) is 0 Å². The number of carbonyl (C=O) groups excluding carboxylic acids is 2. The standard InChI is InChI=1S/C25H27NO5/c1-4-12-26-22(16-6-9-19(10-7-16)30-5-2)21(24(28)25(26)29)23(27)17-8-11-20-18(14-17)13-15(3)31-20/h6-11,14-15,22,27H,4-5,12-13H2,1-3H3/b23-21-. The van der Waals surface area contributed by atoms with Crippen molar-refractivity contribution in [1.82, 2.24) is 4.90 Å². The van der Waals surface area contributed by atoms with Crippen LogP contribution in [0.25, 0.3) is 5.76 Å². The molecule has 2 atom stereocenters. The second kappa shape index (κ2) is 8.46. The SMILES string of the molecule is CCCN1C(=O)C(=O)/C(=C(\O)c2ccc3c(c2)CC(C)O3)C1c1ccc(OCC)cc1. The molecule has 0 aliphatic carbocycles. The van der Waals surface area contributed by atoms with Gasteiger partial charge < -0.3 is 19.5 Å². The maximum Gasteiger partial charge on any atom is 0.295 e. The summed E-state index contributed by atoms with van der Waals surface area (Å²) in [5, 5.41) is 11.2. The molecule has 0 spiro atoms. The summed E-state index contributed by atoms with van der Waals surface area (Å²) in [6.07, 6.45) is 1.52. The molecule has 6 heteroatoms. The van der Waals surface area contributed by atoms with Crippen LogP contribution in [0.3, 0.4) is 0 Å². The normalized spacial score (nSPS) is 21.8. The van der Waals surface area contributed by atoms with Crippen molar-refractivity contribution in [3.63, 3.8) is 0 Å². The van der Waals surface area contributed by atoms with Gasteiger partial charge in [0.05, 0.1) is 18.2 Å². The molecule has 162 valence electrons. The number of rotatable bonds is 6. The molecule has 1 amide bonds. The van der Waals surface area contributed by atoms with Gasteiger partial charge in [0.1, 0.15) is 23.4 Å². The number of Topliss-reactive ketones (excluding diaryl/α,β-unsaturated/α-hetero) is 1. The average molecular weight is 421 g/mol. The largest absolute Gasteiger partial charge is 0.507 e. The van der Waals surface area contributed by atoms with Gasteiger partial charge >= 0.3 is 0 Å². The molecule has 0 bridgehead atoms. The van der Waals surface area contributed by atoms with E-state index < -0.39 is 17.7 Å². The maximum atomic E-state index is 13.0. The summed E-state index contributed by atoms with van der Waals surface area (Å²) in [5.41, 5.74) is 2.38. The zero-order valence-electron chi connectivity index (χ0n) is 18.1. The van der Waals surface area contributed by atoms with Gasteiger partial charge in [-0.25, -0.2) is 0 Å². The number of benzene rings is 2. The lowest BCUT2D eigenvalue weighted by Crippen LogP contribution is -2.30. The molecule has 1 fully saturated rings. The Bertz CT molecular complexity index is 1040. The van der Waals surface area contributed by atoms with Gasteiger partial charge in [0, 0.05) is 18.5 Å². The minimum Gasteiger partial charge on any atom is -0.507 e.